The van der Waals surface area contributed by atoms with Gasteiger partial charge in [-0.25, -0.2) is 4.99 Å². The minimum atomic E-state index is -0.604. The van der Waals surface area contributed by atoms with Crippen molar-refractivity contribution in [3.63, 3.8) is 0 Å². The Kier molecular flexibility index (Phi) is 13.4. The fourth-order valence-corrected chi connectivity index (χ4v) is 8.02. The van der Waals surface area contributed by atoms with E-state index >= 15 is 0 Å². The number of aliphatic imine (C=N–C) groups is 2. The van der Waals surface area contributed by atoms with Crippen LogP contribution in [0.3, 0.4) is 0 Å². The maximum absolute atomic E-state index is 13.6. The van der Waals surface area contributed by atoms with Crippen molar-refractivity contribution >= 4 is 41.7 Å². The molecular formula is C36H51N4O7Zn-. The van der Waals surface area contributed by atoms with Gasteiger partial charge in [0.25, 0.3) is 0 Å². The van der Waals surface area contributed by atoms with E-state index in [1.807, 2.05) is 0 Å². The number of esters is 2. The largest absolute Gasteiger partial charge is 0.466 e. The molecule has 4 unspecified atom stereocenters. The van der Waals surface area contributed by atoms with E-state index in [1.165, 1.54) is 6.92 Å². The zero-order valence-electron chi connectivity index (χ0n) is 30.2. The molecule has 2 N–H and O–H groups in total. The van der Waals surface area contributed by atoms with E-state index in [4.69, 9.17) is 14.2 Å². The van der Waals surface area contributed by atoms with Gasteiger partial charge in [0, 0.05) is 25.1 Å². The van der Waals surface area contributed by atoms with Gasteiger partial charge in [-0.15, -0.1) is 0 Å². The van der Waals surface area contributed by atoms with Crippen molar-refractivity contribution in [2.24, 2.45) is 57.3 Å². The minimum absolute atomic E-state index is 0. The first-order chi connectivity index (χ1) is 22.1. The van der Waals surface area contributed by atoms with Crippen molar-refractivity contribution in [3.05, 3.63) is 28.3 Å². The smallest absolute Gasteiger partial charge is 0.387 e. The predicted molar refractivity (Wildman–Crippen MR) is 181 cm³/mol. The van der Waals surface area contributed by atoms with Gasteiger partial charge < -0.3 is 29.6 Å². The zero-order chi connectivity index (χ0) is 34.7. The Balaban J connectivity index is 0.00000625. The van der Waals surface area contributed by atoms with Crippen LogP contribution in [-0.2, 0) is 43.3 Å². The van der Waals surface area contributed by atoms with Crippen LogP contribution in [0.4, 0.5) is 5.82 Å². The molecule has 1 aliphatic heterocycles. The molecule has 0 radical (unpaired) electrons. The van der Waals surface area contributed by atoms with Crippen LogP contribution in [0.2, 0.25) is 0 Å². The molecule has 1 aromatic heterocycles. The summed E-state index contributed by atoms with van der Waals surface area (Å²) in [6.07, 6.45) is 4.79. The minimum Gasteiger partial charge on any atom is -0.466 e. The summed E-state index contributed by atoms with van der Waals surface area (Å²) in [5, 5.41) is 13.0. The van der Waals surface area contributed by atoms with E-state index in [9.17, 15) is 19.5 Å². The van der Waals surface area contributed by atoms with Gasteiger partial charge >= 0.3 is 18.0 Å². The fourth-order valence-electron chi connectivity index (χ4n) is 8.02. The molecule has 4 atom stereocenters. The van der Waals surface area contributed by atoms with Gasteiger partial charge in [-0.3, -0.25) is 14.4 Å². The van der Waals surface area contributed by atoms with Crippen LogP contribution in [0.1, 0.15) is 99.3 Å². The number of nitrogens with one attached hydrogen (secondary N) is 1. The van der Waals surface area contributed by atoms with Gasteiger partial charge in [0.15, 0.2) is 5.76 Å². The van der Waals surface area contributed by atoms with Crippen LogP contribution < -0.4 is 15.0 Å². The average Bonchev–Trinajstić information content (AvgIpc) is 3.37. The molecule has 48 heavy (non-hydrogen) atoms. The Morgan fingerprint density at radius 1 is 0.917 bits per heavy atom. The topological polar surface area (TPSA) is 150 Å². The summed E-state index contributed by atoms with van der Waals surface area (Å²) in [4.78, 5) is 52.5. The third-order valence-electron chi connectivity index (χ3n) is 9.87. The summed E-state index contributed by atoms with van der Waals surface area (Å²) < 4.78 is 17.1. The van der Waals surface area contributed by atoms with Crippen LogP contribution in [0.5, 0.6) is 5.75 Å². The molecule has 4 rings (SSSR count). The van der Waals surface area contributed by atoms with E-state index in [2.05, 4.69) is 61.8 Å². The summed E-state index contributed by atoms with van der Waals surface area (Å²) >= 11 is 0. The quantitative estimate of drug-likeness (QED) is 0.133. The molecule has 12 heteroatoms. The number of aliphatic hydroxyl groups excluding tert-OH is 1. The van der Waals surface area contributed by atoms with Crippen molar-refractivity contribution in [2.45, 2.75) is 94.9 Å². The average molecular weight is 717 g/mol. The Morgan fingerprint density at radius 3 is 1.90 bits per heavy atom. The van der Waals surface area contributed by atoms with Gasteiger partial charge in [0.2, 0.25) is 5.84 Å². The normalized spacial score (nSPS) is 30.0. The van der Waals surface area contributed by atoms with E-state index in [-0.39, 0.29) is 103 Å². The number of rotatable bonds is 7. The van der Waals surface area contributed by atoms with Crippen LogP contribution >= 0.6 is 0 Å². The van der Waals surface area contributed by atoms with E-state index in [0.29, 0.717) is 34.4 Å². The molecule has 1 amide bonds. The van der Waals surface area contributed by atoms with Crippen LogP contribution in [0.25, 0.3) is 6.08 Å². The number of carbonyl (C=O) groups is 3. The predicted octanol–water partition coefficient (Wildman–Crippen LogP) is 6.97. The second-order valence-corrected chi connectivity index (χ2v) is 14.2. The number of hydrogen-bond donors (Lipinski definition) is 2. The van der Waals surface area contributed by atoms with E-state index in [1.54, 1.807) is 26.8 Å². The van der Waals surface area contributed by atoms with Crippen molar-refractivity contribution in [3.8, 4) is 5.75 Å². The second-order valence-electron chi connectivity index (χ2n) is 14.2. The van der Waals surface area contributed by atoms with Gasteiger partial charge in [0.05, 0.1) is 24.1 Å². The van der Waals surface area contributed by atoms with Crippen molar-refractivity contribution in [2.75, 3.05) is 11.9 Å². The SMILES string of the molecule is CCOC(O)=NC1=N/C(=C\c2[n-]c(NC(C)=O)c(OC(=O)C3C(C)CC(C)CC3C)c2C)C(C)=C1OC(=O)C1C(C)CC(C)CC1C.[Zn]. The molecule has 260 valence electrons. The Labute approximate surface area is 297 Å². The Bertz CT molecular complexity index is 1490. The van der Waals surface area contributed by atoms with Crippen molar-refractivity contribution < 1.29 is 53.2 Å². The number of hydrogen-bond acceptors (Lipinski definition) is 8. The first kappa shape index (κ1) is 39.2. The van der Waals surface area contributed by atoms with Crippen molar-refractivity contribution in [1.82, 2.24) is 4.98 Å². The summed E-state index contributed by atoms with van der Waals surface area (Å²) in [6.45, 7) is 19.5. The Morgan fingerprint density at radius 2 is 1.42 bits per heavy atom. The van der Waals surface area contributed by atoms with Gasteiger partial charge in [-0.2, -0.15) is 4.99 Å². The number of aromatic nitrogens is 1. The maximum Gasteiger partial charge on any atom is 0.387 e. The second kappa shape index (κ2) is 16.4. The monoisotopic (exact) mass is 715 g/mol. The van der Waals surface area contributed by atoms with Gasteiger partial charge in [0.1, 0.15) is 11.7 Å². The summed E-state index contributed by atoms with van der Waals surface area (Å²) in [7, 11) is 0. The third-order valence-corrected chi connectivity index (χ3v) is 9.87. The maximum atomic E-state index is 13.6. The molecule has 2 saturated carbocycles. The molecule has 0 saturated heterocycles. The van der Waals surface area contributed by atoms with E-state index < -0.39 is 6.08 Å². The molecule has 0 aromatic carbocycles. The zero-order valence-corrected chi connectivity index (χ0v) is 33.1. The number of amides is 1. The number of allylic oxidation sites excluding steroid dienone is 1. The standard InChI is InChI=1S/C36H52N4O7.Zn/c1-11-45-36(44)40-33-31(47-35(43)29-21(6)14-18(3)15-22(29)7)24(9)27(39-33)16-26-23(8)30(32(38-26)37-25(10)41)46-34(42)28-19(4)12-17(2)13-20(28)5;/h16-22,28-29H,11-15H2,1-10H3,(H3,37,38,39,40,41,44);/p-1. The number of aliphatic hydroxyl groups is 1. The number of carbonyl (C=O) groups excluding carboxylic acids is 3. The molecule has 1 aromatic rings. The summed E-state index contributed by atoms with van der Waals surface area (Å²) in [5.74, 6) is 0.479. The molecule has 2 fully saturated rings. The number of anilines is 1. The van der Waals surface area contributed by atoms with Gasteiger partial charge in [-0.1, -0.05) is 41.5 Å². The molecular weight excluding hydrogens is 666 g/mol. The van der Waals surface area contributed by atoms with Crippen LogP contribution in [0.15, 0.2) is 27.0 Å². The van der Waals surface area contributed by atoms with Crippen LogP contribution in [-0.4, -0.2) is 41.5 Å². The van der Waals surface area contributed by atoms with E-state index in [0.717, 1.165) is 25.7 Å². The van der Waals surface area contributed by atoms with Gasteiger partial charge in [-0.05, 0) is 112 Å². The molecule has 3 aliphatic rings. The molecule has 2 aliphatic carbocycles. The summed E-state index contributed by atoms with van der Waals surface area (Å²) in [5.41, 5.74) is 1.83. The number of nitrogens with zero attached hydrogens (tertiary/aromatic N) is 3. The Hall–Kier alpha value is -3.27. The number of amidine groups is 1. The van der Waals surface area contributed by atoms with Crippen molar-refractivity contribution in [1.29, 1.82) is 0 Å². The summed E-state index contributed by atoms with van der Waals surface area (Å²) in [6, 6.07) is 0. The first-order valence-corrected chi connectivity index (χ1v) is 16.9. The fraction of sp³-hybridized carbons (Fsp3) is 0.639. The molecule has 0 spiro atoms. The van der Waals surface area contributed by atoms with Crippen LogP contribution in [0, 0.1) is 54.3 Å². The number of ether oxygens (including phenoxy) is 3. The molecule has 11 nitrogen and oxygen atoms in total. The molecule has 0 bridgehead atoms. The molecule has 2 heterocycles. The third kappa shape index (κ3) is 8.84. The first-order valence-electron chi connectivity index (χ1n) is 16.9.